The van der Waals surface area contributed by atoms with Crippen LogP contribution in [0.1, 0.15) is 69.8 Å². The molecule has 3 aliphatic rings. The van der Waals surface area contributed by atoms with Gasteiger partial charge in [-0.3, -0.25) is 10.2 Å². The number of aliphatic hydroxyl groups is 2. The monoisotopic (exact) mass is 827 g/mol. The number of benzene rings is 2. The second-order valence-corrected chi connectivity index (χ2v) is 14.9. The minimum Gasteiger partial charge on any atom is -0.497 e. The molecule has 2 aromatic carbocycles. The van der Waals surface area contributed by atoms with Crippen LogP contribution in [0.2, 0.25) is 0 Å². The number of methoxy groups -OCH3 is 2. The number of hydrogen-bond acceptors (Lipinski definition) is 12. The number of anilines is 1. The minimum atomic E-state index is -1.45. The molecule has 2 aliphatic carbocycles. The summed E-state index contributed by atoms with van der Waals surface area (Å²) in [7, 11) is 4.54. The van der Waals surface area contributed by atoms with Gasteiger partial charge in [0.25, 0.3) is 0 Å². The minimum absolute atomic E-state index is 0.0219. The van der Waals surface area contributed by atoms with Crippen LogP contribution in [0.3, 0.4) is 0 Å². The summed E-state index contributed by atoms with van der Waals surface area (Å²) in [6.45, 7) is 6.55. The summed E-state index contributed by atoms with van der Waals surface area (Å²) < 4.78 is 36.4. The number of aliphatic hydroxyl groups excluding tert-OH is 2. The zero-order valence-corrected chi connectivity index (χ0v) is 34.7. The van der Waals surface area contributed by atoms with Crippen molar-refractivity contribution < 1.29 is 53.1 Å². The molecule has 6 atom stereocenters. The van der Waals surface area contributed by atoms with Crippen molar-refractivity contribution in [1.82, 2.24) is 4.90 Å². The molecule has 1 aliphatic heterocycles. The molecule has 1 saturated carbocycles. The highest BCUT2D eigenvalue weighted by Gasteiger charge is 2.65. The number of amides is 2. The first-order chi connectivity index (χ1) is 28.2. The summed E-state index contributed by atoms with van der Waals surface area (Å²) in [5, 5.41) is 27.0. The van der Waals surface area contributed by atoms with E-state index in [1.807, 2.05) is 13.0 Å². The summed E-state index contributed by atoms with van der Waals surface area (Å²) in [6, 6.07) is 9.57. The van der Waals surface area contributed by atoms with Crippen molar-refractivity contribution in [2.75, 3.05) is 65.5 Å². The summed E-state index contributed by atoms with van der Waals surface area (Å²) in [5.74, 6) is -0.397. The number of carbonyl (C=O) groups is 2. The number of unbranched alkanes of at least 4 members (excludes halogenated alkanes) is 2. The molecule has 0 saturated heterocycles. The van der Waals surface area contributed by atoms with E-state index in [9.17, 15) is 19.8 Å². The van der Waals surface area contributed by atoms with Crippen molar-refractivity contribution in [3.8, 4) is 23.0 Å². The lowest BCUT2D eigenvalue weighted by atomic mass is 9.55. The van der Waals surface area contributed by atoms with E-state index in [4.69, 9.17) is 44.9 Å². The number of nitrogens with one attached hydrogen (secondary N) is 1. The Hall–Kier alpha value is -4.50. The fourth-order valence-corrected chi connectivity index (χ4v) is 8.87. The van der Waals surface area contributed by atoms with Crippen LogP contribution < -0.4 is 24.3 Å². The Balaban J connectivity index is 1.69. The van der Waals surface area contributed by atoms with Crippen LogP contribution in [0.25, 0.3) is 0 Å². The number of hydrogen-bond donors (Lipinski definition) is 3. The fourth-order valence-electron chi connectivity index (χ4n) is 8.79. The smallest absolute Gasteiger partial charge is 0.417 e. The van der Waals surface area contributed by atoms with Gasteiger partial charge in [0.05, 0.1) is 44.0 Å². The third kappa shape index (κ3) is 9.85. The number of oxime groups is 1. The standard InChI is InChI=1S/C43H58ClN3O11/c1-6-19-47(42(51)55-23-18-44)38-27-35(46-54-5)32-24-28(12-8-10-20-48)31(13-9-11-21-49)39-33-25-30(15-17-36(33)58-43(38,40(32)39)56-22-7-2)57-41(50)45-34-16-14-29(52-3)26-37(34)53-4/h7,14-17,24-26,28,31,38-40,48-49H,2,6,8-13,18-23,27H2,1,3-5H3,(H,45,50). The predicted molar refractivity (Wildman–Crippen MR) is 220 cm³/mol. The number of ether oxygens (including phenoxy) is 6. The van der Waals surface area contributed by atoms with Crippen LogP contribution in [-0.2, 0) is 14.3 Å². The van der Waals surface area contributed by atoms with E-state index in [-0.39, 0.29) is 62.2 Å². The number of fused-ring (bicyclic) bond motifs is 2. The molecule has 0 spiro atoms. The molecule has 2 amide bonds. The molecule has 5 rings (SSSR count). The van der Waals surface area contributed by atoms with E-state index in [2.05, 4.69) is 23.1 Å². The van der Waals surface area contributed by atoms with Gasteiger partial charge >= 0.3 is 12.2 Å². The Kier molecular flexibility index (Phi) is 16.5. The Morgan fingerprint density at radius 1 is 1.05 bits per heavy atom. The van der Waals surface area contributed by atoms with Gasteiger partial charge in [-0.05, 0) is 79.8 Å². The quantitative estimate of drug-likeness (QED) is 0.0489. The van der Waals surface area contributed by atoms with E-state index in [0.29, 0.717) is 54.5 Å². The number of halogens is 1. The van der Waals surface area contributed by atoms with Gasteiger partial charge in [0.15, 0.2) is 0 Å². The molecule has 1 heterocycles. The van der Waals surface area contributed by atoms with Crippen LogP contribution in [-0.4, -0.2) is 105 Å². The highest BCUT2D eigenvalue weighted by molar-refractivity contribution is 6.18. The lowest BCUT2D eigenvalue weighted by Gasteiger charge is -2.59. The molecule has 318 valence electrons. The first-order valence-electron chi connectivity index (χ1n) is 20.1. The van der Waals surface area contributed by atoms with E-state index < -0.39 is 29.9 Å². The molecule has 15 heteroatoms. The number of alkyl halides is 1. The van der Waals surface area contributed by atoms with Crippen LogP contribution in [0, 0.1) is 17.8 Å². The topological polar surface area (TPSA) is 167 Å². The zero-order chi connectivity index (χ0) is 41.7. The molecule has 0 radical (unpaired) electrons. The van der Waals surface area contributed by atoms with Crippen LogP contribution in [0.15, 0.2) is 65.9 Å². The Bertz CT molecular complexity index is 1770. The van der Waals surface area contributed by atoms with E-state index in [0.717, 1.165) is 36.8 Å². The average Bonchev–Trinajstić information content (AvgIpc) is 3.23. The van der Waals surface area contributed by atoms with Gasteiger partial charge < -0.3 is 43.5 Å². The SMILES string of the molecule is C=CCOC12Oc3ccc(OC(=O)Nc4ccc(OC)cc4OC)cc3C3C(CCCCO)C(CCCCO)C=C(C(=NOC)CC1N(CCC)C(=O)OCCCl)C32. The molecular formula is C43H58ClN3O11. The second-order valence-electron chi connectivity index (χ2n) is 14.5. The maximum atomic E-state index is 13.9. The Morgan fingerprint density at radius 3 is 2.48 bits per heavy atom. The van der Waals surface area contributed by atoms with Crippen molar-refractivity contribution in [1.29, 1.82) is 0 Å². The molecule has 3 N–H and O–H groups in total. The van der Waals surface area contributed by atoms with E-state index in [1.165, 1.54) is 14.2 Å². The lowest BCUT2D eigenvalue weighted by molar-refractivity contribution is -0.255. The number of rotatable bonds is 21. The summed E-state index contributed by atoms with van der Waals surface area (Å²) >= 11 is 5.97. The third-order valence-electron chi connectivity index (χ3n) is 11.1. The molecule has 2 aromatic rings. The van der Waals surface area contributed by atoms with Crippen molar-refractivity contribution >= 4 is 35.2 Å². The van der Waals surface area contributed by atoms with E-state index in [1.54, 1.807) is 48.4 Å². The Morgan fingerprint density at radius 2 is 1.81 bits per heavy atom. The van der Waals surface area contributed by atoms with Crippen molar-refractivity contribution in [2.24, 2.45) is 22.9 Å². The maximum absolute atomic E-state index is 13.9. The maximum Gasteiger partial charge on any atom is 0.417 e. The summed E-state index contributed by atoms with van der Waals surface area (Å²) in [5.41, 5.74) is 2.73. The van der Waals surface area contributed by atoms with Gasteiger partial charge in [0.2, 0.25) is 5.79 Å². The van der Waals surface area contributed by atoms with Gasteiger partial charge in [0, 0.05) is 43.7 Å². The van der Waals surface area contributed by atoms with Crippen molar-refractivity contribution in [2.45, 2.75) is 76.0 Å². The molecule has 14 nitrogen and oxygen atoms in total. The average molecular weight is 828 g/mol. The largest absolute Gasteiger partial charge is 0.497 e. The number of allylic oxidation sites excluding steroid dienone is 1. The van der Waals surface area contributed by atoms with Gasteiger partial charge in [-0.25, -0.2) is 9.59 Å². The first kappa shape index (κ1) is 44.6. The molecule has 0 aromatic heterocycles. The molecule has 0 bridgehead atoms. The van der Waals surface area contributed by atoms with Gasteiger partial charge in [-0.2, -0.15) is 0 Å². The number of carbonyl (C=O) groups excluding carboxylic acids is 2. The molecular weight excluding hydrogens is 770 g/mol. The van der Waals surface area contributed by atoms with Gasteiger partial charge in [0.1, 0.15) is 42.8 Å². The normalized spacial score (nSPS) is 23.7. The van der Waals surface area contributed by atoms with Crippen LogP contribution in [0.5, 0.6) is 23.0 Å². The number of nitrogens with zero attached hydrogens (tertiary/aromatic N) is 2. The summed E-state index contributed by atoms with van der Waals surface area (Å²) in [6.07, 6.45) is 7.81. The van der Waals surface area contributed by atoms with Crippen LogP contribution >= 0.6 is 11.6 Å². The fraction of sp³-hybridized carbons (Fsp3) is 0.558. The summed E-state index contributed by atoms with van der Waals surface area (Å²) in [4.78, 5) is 34.5. The second kappa shape index (κ2) is 21.5. The highest BCUT2D eigenvalue weighted by atomic mass is 35.5. The Labute approximate surface area is 346 Å². The lowest BCUT2D eigenvalue weighted by Crippen LogP contribution is -2.70. The van der Waals surface area contributed by atoms with Crippen LogP contribution in [0.4, 0.5) is 15.3 Å². The third-order valence-corrected chi connectivity index (χ3v) is 11.2. The van der Waals surface area contributed by atoms with Gasteiger partial charge in [-0.15, -0.1) is 18.2 Å². The molecule has 1 fully saturated rings. The zero-order valence-electron chi connectivity index (χ0n) is 34.0. The van der Waals surface area contributed by atoms with Gasteiger partial charge in [-0.1, -0.05) is 37.1 Å². The molecule has 58 heavy (non-hydrogen) atoms. The predicted octanol–water partition coefficient (Wildman–Crippen LogP) is 7.67. The first-order valence-corrected chi connectivity index (χ1v) is 20.6. The van der Waals surface area contributed by atoms with E-state index >= 15 is 0 Å². The van der Waals surface area contributed by atoms with Crippen molar-refractivity contribution in [3.63, 3.8) is 0 Å². The highest BCUT2D eigenvalue weighted by Crippen LogP contribution is 2.62. The molecule has 6 unspecified atom stereocenters. The van der Waals surface area contributed by atoms with Crippen molar-refractivity contribution in [3.05, 3.63) is 66.3 Å².